The number of anilines is 1. The number of nitrogen functional groups attached to an aromatic ring is 1. The number of para-hydroxylation sites is 1. The normalized spacial score (nSPS) is 22.9. The van der Waals surface area contributed by atoms with Gasteiger partial charge in [-0.25, -0.2) is 0 Å². The van der Waals surface area contributed by atoms with E-state index in [0.29, 0.717) is 22.1 Å². The summed E-state index contributed by atoms with van der Waals surface area (Å²) < 4.78 is 5.41. The fourth-order valence-corrected chi connectivity index (χ4v) is 5.28. The summed E-state index contributed by atoms with van der Waals surface area (Å²) in [5.74, 6) is 3.66. The van der Waals surface area contributed by atoms with Crippen LogP contribution < -0.4 is 5.73 Å². The molecule has 2 aromatic rings. The summed E-state index contributed by atoms with van der Waals surface area (Å²) in [4.78, 5) is 4.57. The maximum atomic E-state index is 5.96. The van der Waals surface area contributed by atoms with Gasteiger partial charge in [0.2, 0.25) is 0 Å². The van der Waals surface area contributed by atoms with Crippen molar-refractivity contribution in [3.8, 4) is 11.5 Å². The molecule has 1 fully saturated rings. The zero-order valence-corrected chi connectivity index (χ0v) is 12.9. The van der Waals surface area contributed by atoms with Crippen molar-refractivity contribution < 1.29 is 4.52 Å². The van der Waals surface area contributed by atoms with Gasteiger partial charge in [-0.3, -0.25) is 0 Å². The maximum absolute atomic E-state index is 5.96. The van der Waals surface area contributed by atoms with Gasteiger partial charge in [-0.15, -0.1) is 11.8 Å². The van der Waals surface area contributed by atoms with Gasteiger partial charge >= 0.3 is 0 Å². The lowest BCUT2D eigenvalue weighted by Gasteiger charge is -2.27. The van der Waals surface area contributed by atoms with Gasteiger partial charge in [-0.2, -0.15) is 16.7 Å². The van der Waals surface area contributed by atoms with Crippen LogP contribution in [-0.2, 0) is 0 Å². The van der Waals surface area contributed by atoms with Crippen LogP contribution in [0.2, 0.25) is 0 Å². The van der Waals surface area contributed by atoms with E-state index in [0.717, 1.165) is 23.6 Å². The summed E-state index contributed by atoms with van der Waals surface area (Å²) in [7, 11) is 0. The van der Waals surface area contributed by atoms with E-state index in [9.17, 15) is 0 Å². The van der Waals surface area contributed by atoms with Crippen LogP contribution in [0.15, 0.2) is 28.8 Å². The highest BCUT2D eigenvalue weighted by Crippen LogP contribution is 2.43. The molecule has 2 N–H and O–H groups in total. The fraction of sp³-hybridized carbons (Fsp3) is 0.429. The summed E-state index contributed by atoms with van der Waals surface area (Å²) in [6, 6.07) is 7.58. The van der Waals surface area contributed by atoms with Crippen molar-refractivity contribution in [2.45, 2.75) is 23.8 Å². The Morgan fingerprint density at radius 3 is 2.90 bits per heavy atom. The van der Waals surface area contributed by atoms with Gasteiger partial charge in [0, 0.05) is 22.4 Å². The lowest BCUT2D eigenvalue weighted by molar-refractivity contribution is 0.421. The quantitative estimate of drug-likeness (QED) is 0.874. The second-order valence-electron chi connectivity index (χ2n) is 4.65. The van der Waals surface area contributed by atoms with Crippen LogP contribution in [-0.4, -0.2) is 26.9 Å². The summed E-state index contributed by atoms with van der Waals surface area (Å²) in [5.41, 5.74) is 7.44. The minimum atomic E-state index is 0.321. The Bertz CT molecular complexity index is 587. The Hall–Kier alpha value is -1.14. The third-order valence-corrected chi connectivity index (χ3v) is 6.58. The van der Waals surface area contributed by atoms with Gasteiger partial charge in [-0.05, 0) is 18.6 Å². The first-order chi connectivity index (χ1) is 9.79. The predicted molar refractivity (Wildman–Crippen MR) is 85.9 cm³/mol. The highest BCUT2D eigenvalue weighted by atomic mass is 32.2. The molecule has 1 aromatic carbocycles. The van der Waals surface area contributed by atoms with Gasteiger partial charge < -0.3 is 10.3 Å². The van der Waals surface area contributed by atoms with Gasteiger partial charge in [0.25, 0.3) is 5.89 Å². The number of nitrogens with zero attached hydrogens (tertiary/aromatic N) is 2. The van der Waals surface area contributed by atoms with Gasteiger partial charge in [0.15, 0.2) is 5.82 Å². The first kappa shape index (κ1) is 13.8. The molecule has 0 bridgehead atoms. The van der Waals surface area contributed by atoms with E-state index < -0.39 is 0 Å². The molecule has 1 aromatic heterocycles. The third-order valence-electron chi connectivity index (χ3n) is 3.34. The number of rotatable bonds is 3. The van der Waals surface area contributed by atoms with Crippen molar-refractivity contribution in [3.05, 3.63) is 30.1 Å². The van der Waals surface area contributed by atoms with Crippen molar-refractivity contribution in [1.29, 1.82) is 0 Å². The molecule has 1 aliphatic rings. The zero-order valence-electron chi connectivity index (χ0n) is 11.3. The SMILES string of the molecule is CCC1SCCSC1c1noc(-c2ccccc2N)n1. The van der Waals surface area contributed by atoms with Crippen molar-refractivity contribution in [3.63, 3.8) is 0 Å². The largest absolute Gasteiger partial charge is 0.398 e. The van der Waals surface area contributed by atoms with Gasteiger partial charge in [-0.1, -0.05) is 24.2 Å². The number of nitrogens with two attached hydrogens (primary N) is 1. The zero-order chi connectivity index (χ0) is 13.9. The van der Waals surface area contributed by atoms with Crippen LogP contribution in [0, 0.1) is 0 Å². The minimum absolute atomic E-state index is 0.321. The second-order valence-corrected chi connectivity index (χ2v) is 7.25. The molecule has 6 heteroatoms. The van der Waals surface area contributed by atoms with E-state index in [1.807, 2.05) is 47.8 Å². The Morgan fingerprint density at radius 1 is 1.30 bits per heavy atom. The molecule has 0 radical (unpaired) electrons. The first-order valence-corrected chi connectivity index (χ1v) is 8.81. The lowest BCUT2D eigenvalue weighted by Crippen LogP contribution is -2.19. The van der Waals surface area contributed by atoms with E-state index in [2.05, 4.69) is 17.1 Å². The highest BCUT2D eigenvalue weighted by molar-refractivity contribution is 8.06. The average Bonchev–Trinajstić information content (AvgIpc) is 2.97. The van der Waals surface area contributed by atoms with Crippen LogP contribution in [0.4, 0.5) is 5.69 Å². The van der Waals surface area contributed by atoms with Gasteiger partial charge in [0.1, 0.15) is 0 Å². The Labute approximate surface area is 126 Å². The molecule has 0 spiro atoms. The Kier molecular flexibility index (Phi) is 4.21. The minimum Gasteiger partial charge on any atom is -0.398 e. The molecular formula is C14H17N3OS2. The van der Waals surface area contributed by atoms with E-state index in [1.54, 1.807) is 0 Å². The first-order valence-electron chi connectivity index (χ1n) is 6.71. The molecule has 2 atom stereocenters. The molecule has 0 amide bonds. The summed E-state index contributed by atoms with van der Waals surface area (Å²) in [6.45, 7) is 2.22. The number of hydrogen-bond donors (Lipinski definition) is 1. The lowest BCUT2D eigenvalue weighted by atomic mass is 10.2. The molecule has 20 heavy (non-hydrogen) atoms. The molecule has 1 saturated heterocycles. The van der Waals surface area contributed by atoms with Crippen molar-refractivity contribution >= 4 is 29.2 Å². The van der Waals surface area contributed by atoms with Crippen LogP contribution in [0.5, 0.6) is 0 Å². The van der Waals surface area contributed by atoms with Crippen LogP contribution in [0.3, 0.4) is 0 Å². The molecule has 2 heterocycles. The number of hydrogen-bond acceptors (Lipinski definition) is 6. The highest BCUT2D eigenvalue weighted by Gasteiger charge is 2.30. The van der Waals surface area contributed by atoms with Crippen molar-refractivity contribution in [1.82, 2.24) is 10.1 Å². The molecule has 106 valence electrons. The molecule has 4 nitrogen and oxygen atoms in total. The van der Waals surface area contributed by atoms with Gasteiger partial charge in [0.05, 0.1) is 10.8 Å². The van der Waals surface area contributed by atoms with Crippen LogP contribution in [0.25, 0.3) is 11.5 Å². The van der Waals surface area contributed by atoms with E-state index >= 15 is 0 Å². The Balaban J connectivity index is 1.88. The van der Waals surface area contributed by atoms with E-state index in [-0.39, 0.29) is 0 Å². The molecule has 0 aliphatic carbocycles. The van der Waals surface area contributed by atoms with Crippen LogP contribution >= 0.6 is 23.5 Å². The van der Waals surface area contributed by atoms with Crippen molar-refractivity contribution in [2.24, 2.45) is 0 Å². The van der Waals surface area contributed by atoms with E-state index in [4.69, 9.17) is 10.3 Å². The maximum Gasteiger partial charge on any atom is 0.260 e. The molecular weight excluding hydrogens is 290 g/mol. The number of thioether (sulfide) groups is 2. The summed E-state index contributed by atoms with van der Waals surface area (Å²) >= 11 is 3.93. The van der Waals surface area contributed by atoms with Crippen LogP contribution in [0.1, 0.15) is 24.4 Å². The predicted octanol–water partition coefficient (Wildman–Crippen LogP) is 3.62. The molecule has 1 aliphatic heterocycles. The standard InChI is InChI=1S/C14H17N3OS2/c1-2-11-12(20-8-7-19-11)13-16-14(18-17-13)9-5-3-4-6-10(9)15/h3-6,11-12H,2,7-8,15H2,1H3. The summed E-state index contributed by atoms with van der Waals surface area (Å²) in [6.07, 6.45) is 1.12. The monoisotopic (exact) mass is 307 g/mol. The van der Waals surface area contributed by atoms with E-state index in [1.165, 1.54) is 5.75 Å². The molecule has 3 rings (SSSR count). The molecule has 0 saturated carbocycles. The topological polar surface area (TPSA) is 64.9 Å². The smallest absolute Gasteiger partial charge is 0.260 e. The Morgan fingerprint density at radius 2 is 2.10 bits per heavy atom. The molecule has 2 unspecified atom stereocenters. The van der Waals surface area contributed by atoms with Crippen molar-refractivity contribution in [2.75, 3.05) is 17.2 Å². The summed E-state index contributed by atoms with van der Waals surface area (Å²) in [5, 5.41) is 5.06. The number of aromatic nitrogens is 2. The third kappa shape index (κ3) is 2.67. The fourth-order valence-electron chi connectivity index (χ4n) is 2.29. The second kappa shape index (κ2) is 6.10. The number of benzene rings is 1. The average molecular weight is 307 g/mol.